The first-order valence-electron chi connectivity index (χ1n) is 9.80. The Labute approximate surface area is 174 Å². The molecule has 0 unspecified atom stereocenters. The zero-order chi connectivity index (χ0) is 20.6. The summed E-state index contributed by atoms with van der Waals surface area (Å²) in [5.74, 6) is -0.565. The van der Waals surface area contributed by atoms with E-state index in [1.165, 1.54) is 12.1 Å². The van der Waals surface area contributed by atoms with Gasteiger partial charge >= 0.3 is 0 Å². The van der Waals surface area contributed by atoms with Crippen molar-refractivity contribution in [2.75, 3.05) is 26.2 Å². The van der Waals surface area contributed by atoms with E-state index >= 15 is 0 Å². The van der Waals surface area contributed by atoms with Crippen molar-refractivity contribution in [1.82, 2.24) is 10.2 Å². The van der Waals surface area contributed by atoms with Crippen LogP contribution in [0.25, 0.3) is 0 Å². The highest BCUT2D eigenvalue weighted by atomic mass is 35.5. The number of carbonyl (C=O) groups is 2. The van der Waals surface area contributed by atoms with Gasteiger partial charge in [0.15, 0.2) is 0 Å². The monoisotopic (exact) mass is 418 g/mol. The zero-order valence-corrected chi connectivity index (χ0v) is 16.9. The minimum atomic E-state index is -0.511. The number of carbonyl (C=O) groups excluding carboxylic acids is 2. The molecule has 2 amide bonds. The van der Waals surface area contributed by atoms with E-state index in [-0.39, 0.29) is 17.4 Å². The first-order chi connectivity index (χ1) is 14.1. The molecule has 0 saturated heterocycles. The normalized spacial score (nSPS) is 16.2. The molecule has 7 heteroatoms. The summed E-state index contributed by atoms with van der Waals surface area (Å²) in [7, 11) is 0. The van der Waals surface area contributed by atoms with Gasteiger partial charge in [-0.2, -0.15) is 0 Å². The van der Waals surface area contributed by atoms with E-state index < -0.39 is 5.82 Å². The molecule has 3 rings (SSSR count). The van der Waals surface area contributed by atoms with E-state index in [1.54, 1.807) is 35.2 Å². The number of benzene rings is 2. The molecule has 0 fully saturated rings. The lowest BCUT2D eigenvalue weighted by Crippen LogP contribution is -2.34. The molecule has 2 aromatic rings. The predicted octanol–water partition coefficient (Wildman–Crippen LogP) is 4.30. The lowest BCUT2D eigenvalue weighted by Gasteiger charge is -2.23. The van der Waals surface area contributed by atoms with Gasteiger partial charge in [-0.1, -0.05) is 23.7 Å². The summed E-state index contributed by atoms with van der Waals surface area (Å²) in [5.41, 5.74) is 0.509. The van der Waals surface area contributed by atoms with Gasteiger partial charge in [0, 0.05) is 24.7 Å². The highest BCUT2D eigenvalue weighted by Crippen LogP contribution is 2.23. The summed E-state index contributed by atoms with van der Waals surface area (Å²) in [6.45, 7) is 1.90. The standard InChI is InChI=1S/C22H24ClFN2O3/c23-16-9-10-20-18(15-16)21(27)25-11-3-4-12-26(13-5-6-14-29-20)22(28)17-7-1-2-8-19(17)24/h1-2,7-10,15H,3-6,11-14H2,(H,25,27). The van der Waals surface area contributed by atoms with Crippen LogP contribution in [0.3, 0.4) is 0 Å². The van der Waals surface area contributed by atoms with Gasteiger partial charge in [-0.15, -0.1) is 0 Å². The second-order valence-electron chi connectivity index (χ2n) is 6.93. The Morgan fingerprint density at radius 2 is 1.83 bits per heavy atom. The number of halogens is 2. The number of nitrogens with one attached hydrogen (secondary N) is 1. The molecule has 0 atom stereocenters. The Morgan fingerprint density at radius 1 is 1.07 bits per heavy atom. The van der Waals surface area contributed by atoms with Crippen molar-refractivity contribution in [3.8, 4) is 5.75 Å². The summed E-state index contributed by atoms with van der Waals surface area (Å²) in [4.78, 5) is 26.9. The molecule has 0 saturated carbocycles. The summed E-state index contributed by atoms with van der Waals surface area (Å²) in [6.07, 6.45) is 2.82. The van der Waals surface area contributed by atoms with E-state index in [1.807, 2.05) is 0 Å². The number of hydrogen-bond acceptors (Lipinski definition) is 3. The molecule has 0 spiro atoms. The summed E-state index contributed by atoms with van der Waals surface area (Å²) in [6, 6.07) is 11.0. The highest BCUT2D eigenvalue weighted by Gasteiger charge is 2.19. The molecule has 0 aliphatic carbocycles. The molecule has 1 aliphatic rings. The van der Waals surface area contributed by atoms with Gasteiger partial charge in [-0.25, -0.2) is 4.39 Å². The lowest BCUT2D eigenvalue weighted by atomic mass is 10.1. The minimum Gasteiger partial charge on any atom is -0.493 e. The van der Waals surface area contributed by atoms with E-state index in [4.69, 9.17) is 16.3 Å². The third-order valence-electron chi connectivity index (χ3n) is 4.80. The van der Waals surface area contributed by atoms with Crippen LogP contribution in [0.4, 0.5) is 4.39 Å². The van der Waals surface area contributed by atoms with E-state index in [0.717, 1.165) is 6.42 Å². The Morgan fingerprint density at radius 3 is 2.62 bits per heavy atom. The maximum absolute atomic E-state index is 14.0. The summed E-state index contributed by atoms with van der Waals surface area (Å²) >= 11 is 6.02. The highest BCUT2D eigenvalue weighted by molar-refractivity contribution is 6.31. The number of hydrogen-bond donors (Lipinski definition) is 1. The molecule has 1 N–H and O–H groups in total. The molecule has 154 valence electrons. The van der Waals surface area contributed by atoms with Gasteiger partial charge < -0.3 is 15.0 Å². The van der Waals surface area contributed by atoms with Crippen LogP contribution in [0.15, 0.2) is 42.5 Å². The number of fused-ring (bicyclic) bond motifs is 1. The Bertz CT molecular complexity index is 875. The molecule has 1 aliphatic heterocycles. The molecular formula is C22H24ClFN2O3. The number of rotatable bonds is 1. The number of amides is 2. The second kappa shape index (κ2) is 10.3. The molecule has 2 aromatic carbocycles. The number of ether oxygens (including phenoxy) is 1. The van der Waals surface area contributed by atoms with E-state index in [0.29, 0.717) is 61.8 Å². The van der Waals surface area contributed by atoms with E-state index in [9.17, 15) is 14.0 Å². The zero-order valence-electron chi connectivity index (χ0n) is 16.1. The average molecular weight is 419 g/mol. The van der Waals surface area contributed by atoms with Crippen LogP contribution in [0.1, 0.15) is 46.4 Å². The molecular weight excluding hydrogens is 395 g/mol. The second-order valence-corrected chi connectivity index (χ2v) is 7.37. The molecule has 5 nitrogen and oxygen atoms in total. The molecule has 1 heterocycles. The maximum Gasteiger partial charge on any atom is 0.256 e. The van der Waals surface area contributed by atoms with Crippen molar-refractivity contribution >= 4 is 23.4 Å². The van der Waals surface area contributed by atoms with Crippen LogP contribution < -0.4 is 10.1 Å². The Balaban J connectivity index is 1.69. The van der Waals surface area contributed by atoms with Crippen LogP contribution in [0.5, 0.6) is 5.75 Å². The van der Waals surface area contributed by atoms with Crippen molar-refractivity contribution in [3.05, 3.63) is 64.4 Å². The van der Waals surface area contributed by atoms with Gasteiger partial charge in [0.25, 0.3) is 11.8 Å². The van der Waals surface area contributed by atoms with Crippen LogP contribution in [0.2, 0.25) is 5.02 Å². The Kier molecular flexibility index (Phi) is 7.47. The SMILES string of the molecule is O=C1NCCCCN(C(=O)c2ccccc2F)CCCCOc2ccc(Cl)cc21. The molecule has 0 bridgehead atoms. The van der Waals surface area contributed by atoms with Gasteiger partial charge in [0.1, 0.15) is 11.6 Å². The Hall–Kier alpha value is -2.60. The van der Waals surface area contributed by atoms with Gasteiger partial charge in [-0.05, 0) is 56.0 Å². The van der Waals surface area contributed by atoms with Crippen LogP contribution in [-0.4, -0.2) is 43.0 Å². The smallest absolute Gasteiger partial charge is 0.256 e. The fourth-order valence-corrected chi connectivity index (χ4v) is 3.41. The first kappa shape index (κ1) is 21.1. The first-order valence-corrected chi connectivity index (χ1v) is 10.2. The van der Waals surface area contributed by atoms with E-state index in [2.05, 4.69) is 5.32 Å². The van der Waals surface area contributed by atoms with Crippen molar-refractivity contribution in [3.63, 3.8) is 0 Å². The van der Waals surface area contributed by atoms with Crippen LogP contribution in [-0.2, 0) is 0 Å². The quantitative estimate of drug-likeness (QED) is 0.751. The van der Waals surface area contributed by atoms with Gasteiger partial charge in [-0.3, -0.25) is 9.59 Å². The average Bonchev–Trinajstić information content (AvgIpc) is 2.72. The molecule has 29 heavy (non-hydrogen) atoms. The van der Waals surface area contributed by atoms with Crippen molar-refractivity contribution in [1.29, 1.82) is 0 Å². The third-order valence-corrected chi connectivity index (χ3v) is 5.03. The van der Waals surface area contributed by atoms with Crippen molar-refractivity contribution in [2.45, 2.75) is 25.7 Å². The summed E-state index contributed by atoms with van der Waals surface area (Å²) < 4.78 is 19.8. The predicted molar refractivity (Wildman–Crippen MR) is 110 cm³/mol. The molecule has 0 aromatic heterocycles. The minimum absolute atomic E-state index is 0.0870. The van der Waals surface area contributed by atoms with Gasteiger partial charge in [0.05, 0.1) is 17.7 Å². The van der Waals surface area contributed by atoms with Crippen LogP contribution >= 0.6 is 11.6 Å². The van der Waals surface area contributed by atoms with Crippen LogP contribution in [0, 0.1) is 5.82 Å². The van der Waals surface area contributed by atoms with Crippen molar-refractivity contribution < 1.29 is 18.7 Å². The third kappa shape index (κ3) is 5.70. The summed E-state index contributed by atoms with van der Waals surface area (Å²) in [5, 5.41) is 3.34. The van der Waals surface area contributed by atoms with Gasteiger partial charge in [0.2, 0.25) is 0 Å². The fourth-order valence-electron chi connectivity index (χ4n) is 3.24. The van der Waals surface area contributed by atoms with Crippen molar-refractivity contribution in [2.24, 2.45) is 0 Å². The molecule has 0 radical (unpaired) electrons. The maximum atomic E-state index is 14.0. The number of nitrogens with zero attached hydrogens (tertiary/aromatic N) is 1. The topological polar surface area (TPSA) is 58.6 Å². The largest absolute Gasteiger partial charge is 0.493 e. The lowest BCUT2D eigenvalue weighted by molar-refractivity contribution is 0.0740. The fraction of sp³-hybridized carbons (Fsp3) is 0.364.